The summed E-state index contributed by atoms with van der Waals surface area (Å²) in [7, 11) is 0. The van der Waals surface area contributed by atoms with Gasteiger partial charge in [-0.2, -0.15) is 0 Å². The first-order valence-corrected chi connectivity index (χ1v) is 9.39. The van der Waals surface area contributed by atoms with Crippen molar-refractivity contribution in [1.82, 2.24) is 0 Å². The molecule has 0 aromatic heterocycles. The van der Waals surface area contributed by atoms with Gasteiger partial charge in [-0.3, -0.25) is 0 Å². The second kappa shape index (κ2) is 4.87. The molecule has 2 aliphatic carbocycles. The van der Waals surface area contributed by atoms with Crippen LogP contribution in [0.2, 0.25) is 0 Å². The van der Waals surface area contributed by atoms with Crippen LogP contribution in [-0.4, -0.2) is 0 Å². The summed E-state index contributed by atoms with van der Waals surface area (Å²) in [5.41, 5.74) is 32.5. The van der Waals surface area contributed by atoms with Crippen molar-refractivity contribution in [1.29, 1.82) is 0 Å². The van der Waals surface area contributed by atoms with Gasteiger partial charge in [-0.1, -0.05) is 72.8 Å². The van der Waals surface area contributed by atoms with Crippen LogP contribution in [0.25, 0.3) is 33.0 Å². The predicted molar refractivity (Wildman–Crippen MR) is 113 cm³/mol. The van der Waals surface area contributed by atoms with E-state index >= 15 is 0 Å². The van der Waals surface area contributed by atoms with Gasteiger partial charge in [0.15, 0.2) is 0 Å². The Balaban J connectivity index is 1.92. The Morgan fingerprint density at radius 3 is 1.25 bits per heavy atom. The molecule has 4 aromatic carbocycles. The van der Waals surface area contributed by atoms with Crippen molar-refractivity contribution >= 4 is 10.8 Å². The van der Waals surface area contributed by atoms with Crippen molar-refractivity contribution in [3.05, 3.63) is 95.1 Å². The van der Waals surface area contributed by atoms with Gasteiger partial charge in [0.25, 0.3) is 0 Å². The van der Waals surface area contributed by atoms with E-state index in [1.807, 2.05) is 48.5 Å². The molecule has 0 heterocycles. The van der Waals surface area contributed by atoms with E-state index in [0.29, 0.717) is 0 Å². The van der Waals surface area contributed by atoms with E-state index in [4.69, 9.17) is 22.9 Å². The molecule has 28 heavy (non-hydrogen) atoms. The molecule has 4 nitrogen and oxygen atoms in total. The lowest BCUT2D eigenvalue weighted by atomic mass is 9.84. The number of benzene rings is 4. The lowest BCUT2D eigenvalue weighted by Gasteiger charge is -2.30. The summed E-state index contributed by atoms with van der Waals surface area (Å²) in [6.07, 6.45) is 0. The first-order chi connectivity index (χ1) is 13.4. The predicted octanol–water partition coefficient (Wildman–Crippen LogP) is 3.04. The highest BCUT2D eigenvalue weighted by atomic mass is 15.0. The average Bonchev–Trinajstić information content (AvgIpc) is 3.09. The topological polar surface area (TPSA) is 104 Å². The van der Waals surface area contributed by atoms with E-state index < -0.39 is 11.3 Å². The van der Waals surface area contributed by atoms with E-state index in [1.54, 1.807) is 0 Å². The summed E-state index contributed by atoms with van der Waals surface area (Å²) in [5, 5.41) is 2.24. The molecule has 0 spiro atoms. The molecular weight excluding hydrogens is 344 g/mol. The van der Waals surface area contributed by atoms with Crippen LogP contribution >= 0.6 is 0 Å². The summed E-state index contributed by atoms with van der Waals surface area (Å²) in [4.78, 5) is 0. The second-order valence-corrected chi connectivity index (χ2v) is 7.87. The van der Waals surface area contributed by atoms with Crippen LogP contribution in [0.3, 0.4) is 0 Å². The third kappa shape index (κ3) is 1.65. The van der Waals surface area contributed by atoms with Gasteiger partial charge in [0.2, 0.25) is 0 Å². The Hall–Kier alpha value is -3.02. The molecule has 0 atom stereocenters. The summed E-state index contributed by atoms with van der Waals surface area (Å²) >= 11 is 0. The molecule has 0 aliphatic heterocycles. The highest BCUT2D eigenvalue weighted by molar-refractivity contribution is 6.12. The summed E-state index contributed by atoms with van der Waals surface area (Å²) in [6.45, 7) is 0. The van der Waals surface area contributed by atoms with Gasteiger partial charge in [-0.25, -0.2) is 0 Å². The number of fused-ring (bicyclic) bond motifs is 10. The Bertz CT molecular complexity index is 1220. The molecule has 8 N–H and O–H groups in total. The molecule has 6 rings (SSSR count). The Morgan fingerprint density at radius 1 is 0.464 bits per heavy atom. The van der Waals surface area contributed by atoms with E-state index in [0.717, 1.165) is 55.3 Å². The first kappa shape index (κ1) is 16.0. The van der Waals surface area contributed by atoms with E-state index in [2.05, 4.69) is 24.3 Å². The molecule has 0 saturated carbocycles. The van der Waals surface area contributed by atoms with Gasteiger partial charge in [-0.15, -0.1) is 0 Å². The van der Waals surface area contributed by atoms with Gasteiger partial charge >= 0.3 is 0 Å². The number of hydrogen-bond acceptors (Lipinski definition) is 4. The Kier molecular flexibility index (Phi) is 2.78. The van der Waals surface area contributed by atoms with Crippen molar-refractivity contribution < 1.29 is 0 Å². The lowest BCUT2D eigenvalue weighted by Crippen LogP contribution is -2.51. The summed E-state index contributed by atoms with van der Waals surface area (Å²) in [5.74, 6) is 0. The molecule has 4 aromatic rings. The third-order valence-electron chi connectivity index (χ3n) is 6.33. The van der Waals surface area contributed by atoms with Crippen molar-refractivity contribution in [3.8, 4) is 22.3 Å². The molecule has 136 valence electrons. The van der Waals surface area contributed by atoms with Crippen LogP contribution in [0.5, 0.6) is 0 Å². The first-order valence-electron chi connectivity index (χ1n) is 9.39. The summed E-state index contributed by atoms with van der Waals surface area (Å²) < 4.78 is 0. The van der Waals surface area contributed by atoms with Crippen molar-refractivity contribution in [2.24, 2.45) is 22.9 Å². The van der Waals surface area contributed by atoms with Gasteiger partial charge in [-0.05, 0) is 44.2 Å². The maximum Gasteiger partial charge on any atom is 0.118 e. The molecule has 0 radical (unpaired) electrons. The molecule has 0 saturated heterocycles. The number of rotatable bonds is 0. The zero-order valence-electron chi connectivity index (χ0n) is 15.2. The van der Waals surface area contributed by atoms with Gasteiger partial charge in [0, 0.05) is 11.1 Å². The normalized spacial score (nSPS) is 17.1. The maximum absolute atomic E-state index is 6.79. The molecular formula is C24H20N4. The zero-order chi connectivity index (χ0) is 19.3. The molecule has 0 fully saturated rings. The lowest BCUT2D eigenvalue weighted by molar-refractivity contribution is 0.531. The van der Waals surface area contributed by atoms with Gasteiger partial charge in [0.05, 0.1) is 0 Å². The summed E-state index contributed by atoms with van der Waals surface area (Å²) in [6, 6.07) is 24.4. The van der Waals surface area contributed by atoms with E-state index in [1.165, 1.54) is 0 Å². The Labute approximate surface area is 162 Å². The van der Waals surface area contributed by atoms with Crippen LogP contribution in [0.15, 0.2) is 72.8 Å². The quantitative estimate of drug-likeness (QED) is 0.360. The van der Waals surface area contributed by atoms with Crippen molar-refractivity contribution in [3.63, 3.8) is 0 Å². The molecule has 0 unspecified atom stereocenters. The van der Waals surface area contributed by atoms with Gasteiger partial charge < -0.3 is 22.9 Å². The molecule has 0 amide bonds. The minimum absolute atomic E-state index is 0.837. The van der Waals surface area contributed by atoms with Crippen LogP contribution in [0.1, 0.15) is 22.3 Å². The zero-order valence-corrected chi connectivity index (χ0v) is 15.2. The van der Waals surface area contributed by atoms with Crippen LogP contribution < -0.4 is 22.9 Å². The third-order valence-corrected chi connectivity index (χ3v) is 6.33. The SMILES string of the molecule is NC1(N)c2ccccc2-c2c1c1c(c3ccccc23)-c2ccccc2C1(N)N. The standard InChI is InChI=1S/C24H20N4/c25-23(26)17-11-5-3-9-15(17)19-13-7-1-2-8-14(13)20-16-10-4-6-12-18(16)24(27,28)22(20)21(19)23/h1-12H,25-28H2. The molecule has 2 aliphatic rings. The highest BCUT2D eigenvalue weighted by Gasteiger charge is 2.48. The fraction of sp³-hybridized carbons (Fsp3) is 0.0833. The smallest absolute Gasteiger partial charge is 0.118 e. The minimum Gasteiger partial charge on any atom is -0.306 e. The largest absolute Gasteiger partial charge is 0.306 e. The monoisotopic (exact) mass is 364 g/mol. The molecule has 0 bridgehead atoms. The second-order valence-electron chi connectivity index (χ2n) is 7.87. The fourth-order valence-electron chi connectivity index (χ4n) is 5.22. The van der Waals surface area contributed by atoms with Crippen LogP contribution in [-0.2, 0) is 11.3 Å². The average molecular weight is 364 g/mol. The number of nitrogens with two attached hydrogens (primary N) is 4. The Morgan fingerprint density at radius 2 is 0.821 bits per heavy atom. The van der Waals surface area contributed by atoms with Crippen LogP contribution in [0.4, 0.5) is 0 Å². The fourth-order valence-corrected chi connectivity index (χ4v) is 5.22. The minimum atomic E-state index is -1.16. The van der Waals surface area contributed by atoms with E-state index in [9.17, 15) is 0 Å². The van der Waals surface area contributed by atoms with Crippen molar-refractivity contribution in [2.45, 2.75) is 11.3 Å². The van der Waals surface area contributed by atoms with Gasteiger partial charge in [0.1, 0.15) is 11.3 Å². The highest BCUT2D eigenvalue weighted by Crippen LogP contribution is 2.57. The molecule has 4 heteroatoms. The van der Waals surface area contributed by atoms with Crippen LogP contribution in [0, 0.1) is 0 Å². The number of hydrogen-bond donors (Lipinski definition) is 4. The van der Waals surface area contributed by atoms with Crippen molar-refractivity contribution in [2.75, 3.05) is 0 Å². The maximum atomic E-state index is 6.79. The van der Waals surface area contributed by atoms with E-state index in [-0.39, 0.29) is 0 Å².